The van der Waals surface area contributed by atoms with Crippen molar-refractivity contribution in [3.63, 3.8) is 0 Å². The molecule has 11 unspecified atom stereocenters. The van der Waals surface area contributed by atoms with Crippen LogP contribution in [0.15, 0.2) is 24.3 Å². The minimum absolute atomic E-state index is 0.0143. The minimum atomic E-state index is -1.94. The quantitative estimate of drug-likeness (QED) is 0.0354. The van der Waals surface area contributed by atoms with Gasteiger partial charge in [-0.2, -0.15) is 0 Å². The molecule has 26 nitrogen and oxygen atoms in total. The molecule has 0 radical (unpaired) electrons. The van der Waals surface area contributed by atoms with Gasteiger partial charge in [-0.1, -0.05) is 12.2 Å². The van der Waals surface area contributed by atoms with Gasteiger partial charge in [-0.05, 0) is 76.0 Å². The van der Waals surface area contributed by atoms with Gasteiger partial charge in [-0.15, -0.1) is 0 Å². The highest BCUT2D eigenvalue weighted by Gasteiger charge is 2.58. The van der Waals surface area contributed by atoms with Gasteiger partial charge in [-0.25, -0.2) is 9.59 Å². The number of aliphatic hydroxyl groups excluding tert-OH is 12. The predicted octanol–water partition coefficient (Wildman–Crippen LogP) is -4.00. The van der Waals surface area contributed by atoms with E-state index in [4.69, 9.17) is 56.8 Å². The number of hydrogen-bond acceptors (Lipinski definition) is 25. The van der Waals surface area contributed by atoms with Crippen LogP contribution in [0.2, 0.25) is 0 Å². The molecule has 0 aromatic heterocycles. The molecule has 0 spiro atoms. The average Bonchev–Trinajstić information content (AvgIpc) is 3.45. The molecule has 0 amide bonds. The summed E-state index contributed by atoms with van der Waals surface area (Å²) < 4.78 is 70.4. The molecule has 4 aliphatic heterocycles. The number of carbonyl (C=O) groups excluding carboxylic acids is 2. The summed E-state index contributed by atoms with van der Waals surface area (Å²) >= 11 is 0. The number of hydrogen-bond donors (Lipinski definition) is 12. The number of fused-ring (bicyclic) bond motifs is 1. The van der Waals surface area contributed by atoms with Gasteiger partial charge < -0.3 is 118 Å². The van der Waals surface area contributed by atoms with Crippen LogP contribution in [0.1, 0.15) is 77.0 Å². The standard InChI is InChI=1S/C53H84O26/c1-68-33-14-23(4-11-29(33)57)5-12-39(59)71-22-38-44(64)46(66)50(79-52-49(41(61)30(58)21-72-52)78-40(60)13-6-24-15-34(69-2)42(62)35(16-24)70-3)53(77-38)75-36-19-28-31(73-48(36)25-7-9-26(55)10-8-25)17-27(56)18-32(28)74-51-47(67)45(65)43(63)37(20-54)76-51/h5-6,12-13,23-38,41-58,61-67H,4,7-11,14-22H2,1-3H3/p+1/t23?,24?,25?,26?,27?,28?,29?,30-,31?,32?,33?,34?,35?,36?,37-,38-,41+,42?,43-,44-,45+,46+,47-,48?,49-,50-,51-,52+,53-/m1/s1. The number of aliphatic hydroxyl groups is 14. The summed E-state index contributed by atoms with van der Waals surface area (Å²) in [5.41, 5.74) is 0. The minimum Gasteiger partial charge on any atom is -0.460 e. The van der Waals surface area contributed by atoms with Crippen molar-refractivity contribution in [3.8, 4) is 0 Å². The summed E-state index contributed by atoms with van der Waals surface area (Å²) in [6.45, 7) is -1.85. The predicted molar refractivity (Wildman–Crippen MR) is 266 cm³/mol. The Hall–Kier alpha value is -2.46. The first-order chi connectivity index (χ1) is 37.8. The normalized spacial score (nSPS) is 48.1. The highest BCUT2D eigenvalue weighted by molar-refractivity contribution is 5.82. The van der Waals surface area contributed by atoms with Crippen molar-refractivity contribution in [2.24, 2.45) is 23.7 Å². The lowest BCUT2D eigenvalue weighted by atomic mass is 9.73. The van der Waals surface area contributed by atoms with Crippen molar-refractivity contribution in [2.75, 3.05) is 41.2 Å². The van der Waals surface area contributed by atoms with E-state index in [0.717, 1.165) is 6.08 Å². The van der Waals surface area contributed by atoms with Gasteiger partial charge in [0, 0.05) is 52.2 Å². The zero-order chi connectivity index (χ0) is 56.8. The molecule has 4 aliphatic carbocycles. The highest BCUT2D eigenvalue weighted by Crippen LogP contribution is 2.44. The molecule has 4 saturated carbocycles. The van der Waals surface area contributed by atoms with Crippen LogP contribution >= 0.6 is 0 Å². The fraction of sp³-hybridized carbons (Fsp3) is 0.887. The largest absolute Gasteiger partial charge is 0.460 e. The van der Waals surface area contributed by atoms with E-state index >= 15 is 0 Å². The van der Waals surface area contributed by atoms with E-state index in [-0.39, 0.29) is 37.0 Å². The molecule has 452 valence electrons. The average molecular weight is 1140 g/mol. The lowest BCUT2D eigenvalue weighted by molar-refractivity contribution is -0.385. The zero-order valence-corrected chi connectivity index (χ0v) is 44.8. The first-order valence-electron chi connectivity index (χ1n) is 27.8. The van der Waals surface area contributed by atoms with Crippen molar-refractivity contribution >= 4 is 11.9 Å². The van der Waals surface area contributed by atoms with Crippen LogP contribution in [0.4, 0.5) is 0 Å². The molecule has 26 heteroatoms. The van der Waals surface area contributed by atoms with E-state index in [1.165, 1.54) is 27.4 Å². The van der Waals surface area contributed by atoms with Crippen LogP contribution in [0.25, 0.3) is 0 Å². The van der Waals surface area contributed by atoms with Crippen LogP contribution in [0.5, 0.6) is 0 Å². The Labute approximate surface area is 458 Å². The van der Waals surface area contributed by atoms with Gasteiger partial charge in [0.25, 0.3) is 0 Å². The summed E-state index contributed by atoms with van der Waals surface area (Å²) in [7, 11) is 4.39. The SMILES string of the molecule is COC1CC(C=CC(=O)OC[C@H]2O[C@@H](OC3CC4C(O[C@@H]5O[C@H](CO)[C@@H](O)[C@H](O)[C@H]5O)CC(O)CC4[OH+]C3C3CCC(O)CC3)[C@H](O[C@@H]3OC[C@@H](O)[C@H](O)[C@H]3OC(=O)C=CC3CC(OC)C(O)C(OC)C3)[C@@H](O)[C@@H]2O)CCC1O. The molecule has 0 bridgehead atoms. The second kappa shape index (κ2) is 28.4. The number of methoxy groups -OCH3 is 3. The van der Waals surface area contributed by atoms with Crippen molar-refractivity contribution in [3.05, 3.63) is 24.3 Å². The molecule has 8 aliphatic rings. The lowest BCUT2D eigenvalue weighted by Crippen LogP contribution is -2.65. The fourth-order valence-corrected chi connectivity index (χ4v) is 12.8. The molecule has 8 fully saturated rings. The van der Waals surface area contributed by atoms with Gasteiger partial charge in [0.15, 0.2) is 37.2 Å². The summed E-state index contributed by atoms with van der Waals surface area (Å²) in [6, 6.07) is 0. The van der Waals surface area contributed by atoms with E-state index in [0.29, 0.717) is 57.8 Å². The Morgan fingerprint density at radius 2 is 1.16 bits per heavy atom. The van der Waals surface area contributed by atoms with E-state index < -0.39 is 191 Å². The third kappa shape index (κ3) is 15.1. The number of esters is 2. The number of ether oxygens (including phenoxy) is 12. The molecule has 4 heterocycles. The van der Waals surface area contributed by atoms with Crippen LogP contribution in [-0.4, -0.2) is 272 Å². The summed E-state index contributed by atoms with van der Waals surface area (Å²) in [6.07, 6.45) is -21.3. The second-order valence-corrected chi connectivity index (χ2v) is 22.7. The summed E-state index contributed by atoms with van der Waals surface area (Å²) in [5, 5.41) is 131. The highest BCUT2D eigenvalue weighted by atomic mass is 16.8. The van der Waals surface area contributed by atoms with Crippen LogP contribution in [0.3, 0.4) is 0 Å². The zero-order valence-electron chi connectivity index (χ0n) is 44.8. The van der Waals surface area contributed by atoms with Crippen molar-refractivity contribution in [2.45, 2.75) is 230 Å². The maximum Gasteiger partial charge on any atom is 0.330 e. The molecule has 0 aromatic rings. The summed E-state index contributed by atoms with van der Waals surface area (Å²) in [4.78, 5) is 26.8. The topological polar surface area (TPSA) is 391 Å². The van der Waals surface area contributed by atoms with Crippen molar-refractivity contribution in [1.82, 2.24) is 0 Å². The maximum absolute atomic E-state index is 13.5. The van der Waals surface area contributed by atoms with Gasteiger partial charge in [-0.3, -0.25) is 0 Å². The smallest absolute Gasteiger partial charge is 0.330 e. The fourth-order valence-electron chi connectivity index (χ4n) is 12.8. The molecular formula is C53H85O26+. The number of carbonyl (C=O) groups is 2. The Balaban J connectivity index is 1.05. The molecule has 79 heavy (non-hydrogen) atoms. The number of rotatable bonds is 18. The van der Waals surface area contributed by atoms with E-state index in [2.05, 4.69) is 0 Å². The molecule has 0 aromatic carbocycles. The van der Waals surface area contributed by atoms with Crippen LogP contribution < -0.4 is 0 Å². The first kappa shape index (κ1) is 62.6. The monoisotopic (exact) mass is 1140 g/mol. The van der Waals surface area contributed by atoms with Gasteiger partial charge in [0.1, 0.15) is 79.9 Å². The Bertz CT molecular complexity index is 1960. The van der Waals surface area contributed by atoms with Gasteiger partial charge in [0.05, 0.1) is 61.9 Å². The first-order valence-corrected chi connectivity index (χ1v) is 27.8. The lowest BCUT2D eigenvalue weighted by Gasteiger charge is -2.50. The Morgan fingerprint density at radius 1 is 0.532 bits per heavy atom. The van der Waals surface area contributed by atoms with E-state index in [1.54, 1.807) is 12.2 Å². The third-order valence-corrected chi connectivity index (χ3v) is 17.5. The summed E-state index contributed by atoms with van der Waals surface area (Å²) in [5.74, 6) is -2.98. The van der Waals surface area contributed by atoms with E-state index in [1.807, 2.05) is 0 Å². The van der Waals surface area contributed by atoms with Crippen LogP contribution in [0, 0.1) is 23.7 Å². The maximum atomic E-state index is 13.5. The van der Waals surface area contributed by atoms with Gasteiger partial charge >= 0.3 is 11.9 Å². The Morgan fingerprint density at radius 3 is 1.85 bits per heavy atom. The third-order valence-electron chi connectivity index (χ3n) is 17.5. The molecule has 4 saturated heterocycles. The number of allylic oxidation sites excluding steroid dienone is 2. The van der Waals surface area contributed by atoms with Crippen molar-refractivity contribution < 1.29 is 128 Å². The molecule has 13 N–H and O–H groups in total. The second-order valence-electron chi connectivity index (χ2n) is 22.7. The molecular weight excluding hydrogens is 1050 g/mol. The molecule has 8 rings (SSSR count). The van der Waals surface area contributed by atoms with Crippen molar-refractivity contribution in [1.29, 1.82) is 0 Å². The van der Waals surface area contributed by atoms with Crippen LogP contribution in [-0.2, 0) is 61.7 Å². The van der Waals surface area contributed by atoms with Gasteiger partial charge in [0.2, 0.25) is 0 Å². The van der Waals surface area contributed by atoms with E-state index in [9.17, 15) is 70.9 Å². The molecule has 25 atom stereocenters. The Kier molecular flexibility index (Phi) is 22.5.